The minimum atomic E-state index is -0.781. The number of pyridine rings is 2. The fourth-order valence-electron chi connectivity index (χ4n) is 4.11. The van der Waals surface area contributed by atoms with E-state index in [4.69, 9.17) is 0 Å². The largest absolute Gasteiger partial charge is 0.481 e. The van der Waals surface area contributed by atoms with Gasteiger partial charge < -0.3 is 10.4 Å². The van der Waals surface area contributed by atoms with Gasteiger partial charge in [0.2, 0.25) is 5.91 Å². The van der Waals surface area contributed by atoms with Crippen molar-refractivity contribution < 1.29 is 14.7 Å². The number of hydrogen-bond acceptors (Lipinski definition) is 4. The molecule has 0 aromatic carbocycles. The molecule has 25 heavy (non-hydrogen) atoms. The first-order chi connectivity index (χ1) is 12.0. The summed E-state index contributed by atoms with van der Waals surface area (Å²) in [6.07, 6.45) is 5.31. The van der Waals surface area contributed by atoms with Gasteiger partial charge in [-0.3, -0.25) is 19.6 Å². The lowest BCUT2D eigenvalue weighted by Gasteiger charge is -2.66. The second-order valence-corrected chi connectivity index (χ2v) is 7.20. The maximum Gasteiger partial charge on any atom is 0.309 e. The van der Waals surface area contributed by atoms with Crippen LogP contribution < -0.4 is 5.32 Å². The zero-order valence-corrected chi connectivity index (χ0v) is 13.7. The van der Waals surface area contributed by atoms with Crippen molar-refractivity contribution in [3.8, 4) is 0 Å². The van der Waals surface area contributed by atoms with Gasteiger partial charge in [0.25, 0.3) is 0 Å². The molecule has 6 heteroatoms. The number of aliphatic carboxylic acids is 1. The molecule has 128 valence electrons. The van der Waals surface area contributed by atoms with E-state index in [2.05, 4.69) is 15.3 Å². The van der Waals surface area contributed by atoms with E-state index in [0.29, 0.717) is 25.7 Å². The molecule has 0 spiro atoms. The predicted octanol–water partition coefficient (Wildman–Crippen LogP) is 2.13. The highest BCUT2D eigenvalue weighted by atomic mass is 16.4. The lowest BCUT2D eigenvalue weighted by molar-refractivity contribution is -0.220. The Balaban J connectivity index is 1.50. The molecule has 0 aliphatic heterocycles. The first-order valence-corrected chi connectivity index (χ1v) is 8.38. The third-order valence-electron chi connectivity index (χ3n) is 5.46. The molecule has 0 saturated heterocycles. The lowest BCUT2D eigenvalue weighted by atomic mass is 9.35. The monoisotopic (exact) mass is 337 g/mol. The Morgan fingerprint density at radius 3 is 2.28 bits per heavy atom. The molecule has 6 nitrogen and oxygen atoms in total. The Bertz CT molecular complexity index is 787. The Labute approximate surface area is 145 Å². The van der Waals surface area contributed by atoms with Gasteiger partial charge in [-0.1, -0.05) is 12.1 Å². The minimum Gasteiger partial charge on any atom is -0.481 e. The van der Waals surface area contributed by atoms with E-state index in [0.717, 1.165) is 11.4 Å². The van der Waals surface area contributed by atoms with Crippen LogP contribution in [0.5, 0.6) is 0 Å². The molecule has 1 unspecified atom stereocenters. The van der Waals surface area contributed by atoms with E-state index in [-0.39, 0.29) is 11.9 Å². The van der Waals surface area contributed by atoms with Gasteiger partial charge >= 0.3 is 5.97 Å². The van der Waals surface area contributed by atoms with Crippen molar-refractivity contribution >= 4 is 11.9 Å². The van der Waals surface area contributed by atoms with Crippen LogP contribution in [-0.4, -0.2) is 27.0 Å². The molecule has 2 aromatic rings. The number of carbonyl (C=O) groups is 2. The van der Waals surface area contributed by atoms with Crippen molar-refractivity contribution in [2.75, 3.05) is 0 Å². The topological polar surface area (TPSA) is 92.2 Å². The minimum absolute atomic E-state index is 0.0674. The Hall–Kier alpha value is -2.76. The number of rotatable bonds is 6. The van der Waals surface area contributed by atoms with Crippen LogP contribution in [0.2, 0.25) is 0 Å². The first-order valence-electron chi connectivity index (χ1n) is 8.38. The van der Waals surface area contributed by atoms with Crippen molar-refractivity contribution in [2.24, 2.45) is 10.8 Å². The fourth-order valence-corrected chi connectivity index (χ4v) is 4.11. The van der Waals surface area contributed by atoms with Gasteiger partial charge in [-0.25, -0.2) is 0 Å². The molecule has 3 aliphatic rings. The van der Waals surface area contributed by atoms with Crippen LogP contribution in [-0.2, 0) is 16.0 Å². The van der Waals surface area contributed by atoms with Crippen LogP contribution >= 0.6 is 0 Å². The van der Waals surface area contributed by atoms with E-state index in [9.17, 15) is 14.7 Å². The lowest BCUT2D eigenvalue weighted by Crippen LogP contribution is -2.70. The Morgan fingerprint density at radius 1 is 1.04 bits per heavy atom. The molecule has 2 bridgehead atoms. The van der Waals surface area contributed by atoms with Gasteiger partial charge in [0.15, 0.2) is 0 Å². The second kappa shape index (κ2) is 5.65. The summed E-state index contributed by atoms with van der Waals surface area (Å²) in [7, 11) is 0. The van der Waals surface area contributed by atoms with Crippen LogP contribution in [0.15, 0.2) is 48.8 Å². The van der Waals surface area contributed by atoms with Gasteiger partial charge in [-0.15, -0.1) is 0 Å². The summed E-state index contributed by atoms with van der Waals surface area (Å²) in [6, 6.07) is 11.0. The SMILES string of the molecule is O=C(O)C12CC(C(=O)NC(Cc3ccccn3)c3ccccn3)(C1)C2. The van der Waals surface area contributed by atoms with Crippen molar-refractivity contribution in [2.45, 2.75) is 31.7 Å². The number of carboxylic acids is 1. The molecular formula is C19H19N3O3. The molecule has 3 aliphatic carbocycles. The van der Waals surface area contributed by atoms with Gasteiger partial charge in [-0.05, 0) is 43.5 Å². The smallest absolute Gasteiger partial charge is 0.309 e. The summed E-state index contributed by atoms with van der Waals surface area (Å²) in [4.78, 5) is 32.7. The zero-order chi connectivity index (χ0) is 17.5. The molecule has 0 radical (unpaired) electrons. The second-order valence-electron chi connectivity index (χ2n) is 7.20. The number of nitrogens with zero attached hydrogens (tertiary/aromatic N) is 2. The number of nitrogens with one attached hydrogen (secondary N) is 1. The summed E-state index contributed by atoms with van der Waals surface area (Å²) in [6.45, 7) is 0. The predicted molar refractivity (Wildman–Crippen MR) is 89.4 cm³/mol. The normalized spacial score (nSPS) is 27.5. The molecule has 2 aromatic heterocycles. The van der Waals surface area contributed by atoms with E-state index < -0.39 is 16.8 Å². The summed E-state index contributed by atoms with van der Waals surface area (Å²) < 4.78 is 0. The van der Waals surface area contributed by atoms with Gasteiger partial charge in [0.1, 0.15) is 0 Å². The number of carbonyl (C=O) groups excluding carboxylic acids is 1. The molecular weight excluding hydrogens is 318 g/mol. The van der Waals surface area contributed by atoms with E-state index in [1.54, 1.807) is 12.4 Å². The van der Waals surface area contributed by atoms with Crippen molar-refractivity contribution in [3.63, 3.8) is 0 Å². The highest BCUT2D eigenvalue weighted by Gasteiger charge is 2.75. The molecule has 5 rings (SSSR count). The molecule has 1 atom stereocenters. The third-order valence-corrected chi connectivity index (χ3v) is 5.46. The average Bonchev–Trinajstić information content (AvgIpc) is 2.53. The highest BCUT2D eigenvalue weighted by molar-refractivity contribution is 5.93. The Morgan fingerprint density at radius 2 is 1.72 bits per heavy atom. The third kappa shape index (κ3) is 2.58. The molecule has 3 saturated carbocycles. The average molecular weight is 337 g/mol. The van der Waals surface area contributed by atoms with Gasteiger partial charge in [0.05, 0.1) is 22.6 Å². The molecule has 3 fully saturated rings. The van der Waals surface area contributed by atoms with Gasteiger partial charge in [-0.2, -0.15) is 0 Å². The quantitative estimate of drug-likeness (QED) is 0.842. The van der Waals surface area contributed by atoms with Gasteiger partial charge in [0, 0.05) is 24.5 Å². The summed E-state index contributed by atoms with van der Waals surface area (Å²) in [5, 5.41) is 12.3. The number of carboxylic acid groups (broad SMARTS) is 1. The van der Waals surface area contributed by atoms with Crippen LogP contribution in [0, 0.1) is 10.8 Å². The van der Waals surface area contributed by atoms with E-state index in [1.807, 2.05) is 36.4 Å². The number of hydrogen-bond donors (Lipinski definition) is 2. The van der Waals surface area contributed by atoms with Crippen molar-refractivity contribution in [1.29, 1.82) is 0 Å². The number of aromatic nitrogens is 2. The molecule has 2 heterocycles. The van der Waals surface area contributed by atoms with Crippen molar-refractivity contribution in [3.05, 3.63) is 60.2 Å². The maximum absolute atomic E-state index is 12.8. The summed E-state index contributed by atoms with van der Waals surface area (Å²) >= 11 is 0. The van der Waals surface area contributed by atoms with E-state index >= 15 is 0 Å². The zero-order valence-electron chi connectivity index (χ0n) is 13.7. The van der Waals surface area contributed by atoms with Crippen LogP contribution in [0.3, 0.4) is 0 Å². The fraction of sp³-hybridized carbons (Fsp3) is 0.368. The first kappa shape index (κ1) is 15.7. The van der Waals surface area contributed by atoms with Crippen molar-refractivity contribution in [1.82, 2.24) is 15.3 Å². The van der Waals surface area contributed by atoms with E-state index in [1.165, 1.54) is 0 Å². The number of amides is 1. The highest BCUT2D eigenvalue weighted by Crippen LogP contribution is 2.73. The maximum atomic E-state index is 12.8. The summed E-state index contributed by atoms with van der Waals surface area (Å²) in [5.74, 6) is -0.848. The summed E-state index contributed by atoms with van der Waals surface area (Å²) in [5.41, 5.74) is 0.494. The van der Waals surface area contributed by atoms with Crippen LogP contribution in [0.1, 0.15) is 36.7 Å². The van der Waals surface area contributed by atoms with Crippen LogP contribution in [0.4, 0.5) is 0 Å². The standard InChI is InChI=1S/C19H19N3O3/c23-16(18-10-19(11-18,12-18)17(24)25)22-15(14-6-2-4-8-21-14)9-13-5-1-3-7-20-13/h1-8,15H,9-12H2,(H,22,23)(H,24,25). The molecule has 2 N–H and O–H groups in total. The molecule has 1 amide bonds. The Kier molecular flexibility index (Phi) is 3.56. The van der Waals surface area contributed by atoms with Crippen LogP contribution in [0.25, 0.3) is 0 Å².